The van der Waals surface area contributed by atoms with E-state index in [1.165, 1.54) is 17.0 Å². The number of carbonyl (C=O) groups is 5. The maximum Gasteiger partial charge on any atom is 0.408 e. The number of alkyl carbamates (subject to hydrolysis) is 1. The molecule has 5 atom stereocenters. The molecule has 13 heteroatoms. The summed E-state index contributed by atoms with van der Waals surface area (Å²) in [4.78, 5) is 68.2. The van der Waals surface area contributed by atoms with Gasteiger partial charge in [-0.25, -0.2) is 13.2 Å². The number of carbonyl (C=O) groups excluding carboxylic acids is 5. The average Bonchev–Trinajstić information content (AvgIpc) is 3.26. The highest BCUT2D eigenvalue weighted by Gasteiger charge is 2.70. The summed E-state index contributed by atoms with van der Waals surface area (Å²) in [5, 5.41) is 7.81. The van der Waals surface area contributed by atoms with E-state index in [1.54, 1.807) is 45.9 Å². The SMILES string of the molecule is CCCC(NC(=O)[C@@H]1C2[C@H](CN1C(=O)[C@@H](NC(=O)OC(C)(C)C)C(C)(C)C)C2(C)C)C(=O)C(=O)NCCS(=O)(=O)c1ccccc1. The van der Waals surface area contributed by atoms with E-state index in [0.29, 0.717) is 13.0 Å². The summed E-state index contributed by atoms with van der Waals surface area (Å²) in [6, 6.07) is 4.71. The van der Waals surface area contributed by atoms with Gasteiger partial charge in [-0.3, -0.25) is 19.2 Å². The van der Waals surface area contributed by atoms with Crippen LogP contribution in [-0.4, -0.2) is 85.5 Å². The molecule has 1 aliphatic carbocycles. The molecule has 0 radical (unpaired) electrons. The van der Waals surface area contributed by atoms with E-state index in [0.717, 1.165) is 0 Å². The van der Waals surface area contributed by atoms with Crippen molar-refractivity contribution >= 4 is 39.4 Å². The molecule has 2 fully saturated rings. The number of hydrogen-bond donors (Lipinski definition) is 3. The number of ether oxygens (including phenoxy) is 1. The Morgan fingerprint density at radius 1 is 1.00 bits per heavy atom. The third-order valence-corrected chi connectivity index (χ3v) is 10.5. The molecule has 2 unspecified atom stereocenters. The highest BCUT2D eigenvalue weighted by atomic mass is 32.2. The summed E-state index contributed by atoms with van der Waals surface area (Å²) >= 11 is 0. The predicted octanol–water partition coefficient (Wildman–Crippen LogP) is 2.85. The number of nitrogens with zero attached hydrogens (tertiary/aromatic N) is 1. The van der Waals surface area contributed by atoms with Gasteiger partial charge in [0, 0.05) is 13.1 Å². The minimum atomic E-state index is -3.67. The van der Waals surface area contributed by atoms with E-state index in [9.17, 15) is 32.4 Å². The van der Waals surface area contributed by atoms with Crippen molar-refractivity contribution in [3.05, 3.63) is 30.3 Å². The molecular formula is C33H50N4O8S. The third-order valence-electron chi connectivity index (χ3n) is 8.73. The lowest BCUT2D eigenvalue weighted by molar-refractivity contribution is -0.145. The van der Waals surface area contributed by atoms with Crippen molar-refractivity contribution in [2.75, 3.05) is 18.8 Å². The topological polar surface area (TPSA) is 168 Å². The first-order valence-electron chi connectivity index (χ1n) is 15.8. The van der Waals surface area contributed by atoms with Gasteiger partial charge in [0.05, 0.1) is 16.7 Å². The monoisotopic (exact) mass is 662 g/mol. The van der Waals surface area contributed by atoms with Crippen LogP contribution in [0, 0.1) is 22.7 Å². The van der Waals surface area contributed by atoms with Gasteiger partial charge in [0.1, 0.15) is 17.7 Å². The van der Waals surface area contributed by atoms with E-state index in [-0.39, 0.29) is 35.1 Å². The van der Waals surface area contributed by atoms with Crippen LogP contribution in [0.25, 0.3) is 0 Å². The molecule has 1 heterocycles. The Bertz CT molecular complexity index is 1430. The third kappa shape index (κ3) is 8.65. The predicted molar refractivity (Wildman–Crippen MR) is 172 cm³/mol. The largest absolute Gasteiger partial charge is 0.444 e. The fourth-order valence-corrected chi connectivity index (χ4v) is 7.34. The Morgan fingerprint density at radius 3 is 2.15 bits per heavy atom. The van der Waals surface area contributed by atoms with E-state index < -0.39 is 74.3 Å². The number of benzene rings is 1. The first-order chi connectivity index (χ1) is 21.1. The Kier molecular flexibility index (Phi) is 11.0. The molecule has 1 aliphatic heterocycles. The molecule has 0 spiro atoms. The Labute approximate surface area is 272 Å². The zero-order valence-electron chi connectivity index (χ0n) is 28.4. The molecule has 3 N–H and O–H groups in total. The fraction of sp³-hybridized carbons (Fsp3) is 0.667. The van der Waals surface area contributed by atoms with Crippen LogP contribution >= 0.6 is 0 Å². The van der Waals surface area contributed by atoms with Crippen LogP contribution in [0.4, 0.5) is 4.79 Å². The van der Waals surface area contributed by atoms with Crippen LogP contribution in [0.1, 0.15) is 75.2 Å². The number of likely N-dealkylation sites (tertiary alicyclic amines) is 1. The summed E-state index contributed by atoms with van der Waals surface area (Å²) in [7, 11) is -3.67. The molecule has 256 valence electrons. The van der Waals surface area contributed by atoms with Gasteiger partial charge in [-0.15, -0.1) is 0 Å². The number of sulfone groups is 1. The number of nitrogens with one attached hydrogen (secondary N) is 3. The molecule has 46 heavy (non-hydrogen) atoms. The highest BCUT2D eigenvalue weighted by Crippen LogP contribution is 2.65. The van der Waals surface area contributed by atoms with Gasteiger partial charge < -0.3 is 25.6 Å². The fourth-order valence-electron chi connectivity index (χ4n) is 6.16. The number of rotatable bonds is 12. The molecule has 12 nitrogen and oxygen atoms in total. The second-order valence-electron chi connectivity index (χ2n) is 14.9. The summed E-state index contributed by atoms with van der Waals surface area (Å²) < 4.78 is 30.5. The lowest BCUT2D eigenvalue weighted by Crippen LogP contribution is -2.60. The summed E-state index contributed by atoms with van der Waals surface area (Å²) in [6.45, 7) is 16.5. The number of Topliss-reactive ketones (excluding diaryl/α,β-unsaturated/α-hetero) is 1. The molecular weight excluding hydrogens is 612 g/mol. The lowest BCUT2D eigenvalue weighted by Gasteiger charge is -2.38. The smallest absolute Gasteiger partial charge is 0.408 e. The second kappa shape index (κ2) is 13.7. The lowest BCUT2D eigenvalue weighted by atomic mass is 9.85. The normalized spacial score (nSPS) is 21.8. The van der Waals surface area contributed by atoms with Gasteiger partial charge in [0.2, 0.25) is 17.6 Å². The van der Waals surface area contributed by atoms with E-state index in [2.05, 4.69) is 16.0 Å². The van der Waals surface area contributed by atoms with Crippen molar-refractivity contribution in [2.24, 2.45) is 22.7 Å². The Morgan fingerprint density at radius 2 is 1.61 bits per heavy atom. The molecule has 1 saturated heterocycles. The molecule has 1 aromatic carbocycles. The van der Waals surface area contributed by atoms with Crippen molar-refractivity contribution in [1.82, 2.24) is 20.9 Å². The molecule has 1 saturated carbocycles. The molecule has 3 rings (SSSR count). The van der Waals surface area contributed by atoms with Gasteiger partial charge >= 0.3 is 6.09 Å². The maximum absolute atomic E-state index is 14.0. The Hall–Kier alpha value is -3.48. The Balaban J connectivity index is 1.74. The van der Waals surface area contributed by atoms with Crippen molar-refractivity contribution in [3.63, 3.8) is 0 Å². The number of amides is 4. The summed E-state index contributed by atoms with van der Waals surface area (Å²) in [6.07, 6.45) is -0.102. The number of ketones is 1. The van der Waals surface area contributed by atoms with Crippen molar-refractivity contribution < 1.29 is 37.1 Å². The first-order valence-corrected chi connectivity index (χ1v) is 17.5. The van der Waals surface area contributed by atoms with Crippen LogP contribution in [-0.2, 0) is 33.8 Å². The maximum atomic E-state index is 14.0. The van der Waals surface area contributed by atoms with Gasteiger partial charge in [-0.1, -0.05) is 66.2 Å². The quantitative estimate of drug-likeness (QED) is 0.287. The second-order valence-corrected chi connectivity index (χ2v) is 17.0. The minimum absolute atomic E-state index is 0.0459. The zero-order chi connectivity index (χ0) is 34.8. The minimum Gasteiger partial charge on any atom is -0.444 e. The van der Waals surface area contributed by atoms with Crippen molar-refractivity contribution in [1.29, 1.82) is 0 Å². The molecule has 0 bridgehead atoms. The van der Waals surface area contributed by atoms with Crippen LogP contribution < -0.4 is 16.0 Å². The van der Waals surface area contributed by atoms with E-state index in [1.807, 2.05) is 34.6 Å². The number of piperidine rings is 1. The van der Waals surface area contributed by atoms with Crippen LogP contribution in [0.5, 0.6) is 0 Å². The molecule has 1 aromatic rings. The van der Waals surface area contributed by atoms with Gasteiger partial charge in [0.15, 0.2) is 9.84 Å². The van der Waals surface area contributed by atoms with Crippen LogP contribution in [0.3, 0.4) is 0 Å². The van der Waals surface area contributed by atoms with Crippen LogP contribution in [0.15, 0.2) is 35.2 Å². The molecule has 2 aliphatic rings. The standard InChI is InChI=1S/C33H50N4O8S/c1-10-14-22(25(38)28(40)34-17-18-46(43,44)20-15-12-11-13-16-20)35-27(39)24-23-21(33(23,8)9)19-37(24)29(41)26(31(2,3)4)36-30(42)45-32(5,6)7/h11-13,15-16,21-24,26H,10,14,17-19H2,1-9H3,(H,34,40)(H,35,39)(H,36,42)/t21-,22?,23?,24-,26+/m0/s1. The van der Waals surface area contributed by atoms with Gasteiger partial charge in [-0.05, 0) is 62.0 Å². The van der Waals surface area contributed by atoms with Gasteiger partial charge in [0.25, 0.3) is 5.91 Å². The van der Waals surface area contributed by atoms with E-state index >= 15 is 0 Å². The van der Waals surface area contributed by atoms with Gasteiger partial charge in [-0.2, -0.15) is 0 Å². The van der Waals surface area contributed by atoms with Crippen molar-refractivity contribution in [3.8, 4) is 0 Å². The van der Waals surface area contributed by atoms with Crippen molar-refractivity contribution in [2.45, 2.75) is 104 Å². The summed E-state index contributed by atoms with van der Waals surface area (Å²) in [5.41, 5.74) is -1.72. The first kappa shape index (κ1) is 37.0. The number of hydrogen-bond acceptors (Lipinski definition) is 8. The highest BCUT2D eigenvalue weighted by molar-refractivity contribution is 7.91. The van der Waals surface area contributed by atoms with Crippen LogP contribution in [0.2, 0.25) is 0 Å². The summed E-state index contributed by atoms with van der Waals surface area (Å²) in [5.74, 6) is -3.41. The number of fused-ring (bicyclic) bond motifs is 1. The zero-order valence-corrected chi connectivity index (χ0v) is 29.2. The molecule has 0 aromatic heterocycles. The average molecular weight is 663 g/mol. The van der Waals surface area contributed by atoms with E-state index in [4.69, 9.17) is 4.74 Å². The molecule has 4 amide bonds.